The van der Waals surface area contributed by atoms with Crippen molar-refractivity contribution in [1.82, 2.24) is 15.0 Å². The zero-order valence-electron chi connectivity index (χ0n) is 13.5. The fourth-order valence-electron chi connectivity index (χ4n) is 3.72. The Kier molecular flexibility index (Phi) is 4.47. The highest BCUT2D eigenvalue weighted by Crippen LogP contribution is 2.49. The molecule has 0 aliphatic carbocycles. The Balaban J connectivity index is 1.80. The lowest BCUT2D eigenvalue weighted by Crippen LogP contribution is -2.37. The molecule has 3 rings (SSSR count). The molecule has 1 spiro atoms. The van der Waals surface area contributed by atoms with Gasteiger partial charge >= 0.3 is 0 Å². The van der Waals surface area contributed by atoms with Crippen LogP contribution in [0.15, 0.2) is 4.52 Å². The normalized spacial score (nSPS) is 24.1. The number of nitrogens with zero attached hydrogens (tertiary/aromatic N) is 3. The van der Waals surface area contributed by atoms with Gasteiger partial charge in [0.2, 0.25) is 11.8 Å². The zero-order valence-corrected chi connectivity index (χ0v) is 13.5. The highest BCUT2D eigenvalue weighted by atomic mass is 16.5. The molecule has 6 heteroatoms. The molecule has 6 nitrogen and oxygen atoms in total. The summed E-state index contributed by atoms with van der Waals surface area (Å²) in [7, 11) is 0. The smallest absolute Gasteiger partial charge is 0.232 e. The van der Waals surface area contributed by atoms with E-state index in [1.54, 1.807) is 0 Å². The molecule has 2 fully saturated rings. The number of rotatable bonds is 4. The maximum Gasteiger partial charge on any atom is 0.232 e. The van der Waals surface area contributed by atoms with Crippen molar-refractivity contribution in [3.8, 4) is 0 Å². The van der Waals surface area contributed by atoms with Crippen LogP contribution < -0.4 is 0 Å². The summed E-state index contributed by atoms with van der Waals surface area (Å²) < 4.78 is 11.0. The zero-order chi connectivity index (χ0) is 15.6. The highest BCUT2D eigenvalue weighted by Gasteiger charge is 2.51. The number of hydrogen-bond acceptors (Lipinski definition) is 5. The second-order valence-corrected chi connectivity index (χ2v) is 6.58. The summed E-state index contributed by atoms with van der Waals surface area (Å²) in [6, 6.07) is 0. The van der Waals surface area contributed by atoms with Gasteiger partial charge in [-0.2, -0.15) is 4.98 Å². The van der Waals surface area contributed by atoms with E-state index < -0.39 is 0 Å². The van der Waals surface area contributed by atoms with Crippen LogP contribution in [-0.2, 0) is 9.53 Å². The third kappa shape index (κ3) is 2.89. The summed E-state index contributed by atoms with van der Waals surface area (Å²) in [5.74, 6) is 1.74. The number of unbranched alkanes of at least 4 members (excludes halogenated alkanes) is 1. The fourth-order valence-corrected chi connectivity index (χ4v) is 3.72. The minimum atomic E-state index is 0.0408. The molecular weight excluding hydrogens is 282 g/mol. The molecule has 0 bridgehead atoms. The first-order valence-electron chi connectivity index (χ1n) is 8.30. The maximum atomic E-state index is 12.4. The lowest BCUT2D eigenvalue weighted by molar-refractivity contribution is -0.131. The van der Waals surface area contributed by atoms with Crippen LogP contribution in [0.3, 0.4) is 0 Å². The van der Waals surface area contributed by atoms with Crippen molar-refractivity contribution in [2.75, 3.05) is 26.3 Å². The van der Waals surface area contributed by atoms with Crippen LogP contribution in [0.25, 0.3) is 0 Å². The minimum absolute atomic E-state index is 0.0408. The van der Waals surface area contributed by atoms with Crippen LogP contribution in [0.2, 0.25) is 0 Å². The molecule has 1 atom stereocenters. The van der Waals surface area contributed by atoms with Crippen LogP contribution in [0.5, 0.6) is 0 Å². The molecule has 1 aromatic rings. The van der Waals surface area contributed by atoms with Gasteiger partial charge in [0, 0.05) is 38.1 Å². The number of aromatic nitrogens is 2. The molecule has 1 amide bonds. The van der Waals surface area contributed by atoms with Crippen molar-refractivity contribution in [1.29, 1.82) is 0 Å². The maximum absolute atomic E-state index is 12.4. The topological polar surface area (TPSA) is 68.5 Å². The van der Waals surface area contributed by atoms with E-state index in [9.17, 15) is 4.79 Å². The number of carbonyl (C=O) groups is 1. The number of amides is 1. The van der Waals surface area contributed by atoms with Crippen molar-refractivity contribution in [3.05, 3.63) is 11.7 Å². The van der Waals surface area contributed by atoms with Crippen LogP contribution >= 0.6 is 0 Å². The molecule has 122 valence electrons. The van der Waals surface area contributed by atoms with Gasteiger partial charge in [-0.05, 0) is 26.2 Å². The third-order valence-corrected chi connectivity index (χ3v) is 5.07. The molecular formula is C16H25N3O3. The molecule has 1 aromatic heterocycles. The van der Waals surface area contributed by atoms with E-state index in [0.717, 1.165) is 45.4 Å². The van der Waals surface area contributed by atoms with Crippen molar-refractivity contribution in [2.24, 2.45) is 5.41 Å². The molecule has 0 N–H and O–H groups in total. The van der Waals surface area contributed by atoms with E-state index in [0.29, 0.717) is 24.7 Å². The Labute approximate surface area is 131 Å². The van der Waals surface area contributed by atoms with E-state index in [-0.39, 0.29) is 17.2 Å². The first-order valence-corrected chi connectivity index (χ1v) is 8.30. The predicted octanol–water partition coefficient (Wildman–Crippen LogP) is 2.29. The second kappa shape index (κ2) is 6.36. The third-order valence-electron chi connectivity index (χ3n) is 5.07. The lowest BCUT2D eigenvalue weighted by Gasteiger charge is -2.36. The van der Waals surface area contributed by atoms with Gasteiger partial charge in [-0.1, -0.05) is 18.5 Å². The monoisotopic (exact) mass is 307 g/mol. The average Bonchev–Trinajstić information content (AvgIpc) is 3.10. The van der Waals surface area contributed by atoms with Crippen molar-refractivity contribution >= 4 is 5.91 Å². The Morgan fingerprint density at radius 1 is 1.41 bits per heavy atom. The van der Waals surface area contributed by atoms with Gasteiger partial charge < -0.3 is 14.2 Å². The number of hydrogen-bond donors (Lipinski definition) is 0. The Morgan fingerprint density at radius 3 is 2.82 bits per heavy atom. The van der Waals surface area contributed by atoms with Gasteiger partial charge in [0.15, 0.2) is 5.82 Å². The van der Waals surface area contributed by atoms with Crippen molar-refractivity contribution in [2.45, 2.75) is 51.9 Å². The SMILES string of the molecule is CCCCC(=O)N1C[C@H](c2nc(C)no2)C2(CCOCC2)C1. The quantitative estimate of drug-likeness (QED) is 0.853. The van der Waals surface area contributed by atoms with E-state index in [4.69, 9.17) is 9.26 Å². The van der Waals surface area contributed by atoms with Gasteiger partial charge in [0.25, 0.3) is 0 Å². The van der Waals surface area contributed by atoms with E-state index >= 15 is 0 Å². The predicted molar refractivity (Wildman–Crippen MR) is 80.4 cm³/mol. The van der Waals surface area contributed by atoms with Gasteiger partial charge in [-0.3, -0.25) is 4.79 Å². The second-order valence-electron chi connectivity index (χ2n) is 6.58. The van der Waals surface area contributed by atoms with Crippen LogP contribution in [-0.4, -0.2) is 47.3 Å². The van der Waals surface area contributed by atoms with Gasteiger partial charge in [0.1, 0.15) is 0 Å². The minimum Gasteiger partial charge on any atom is -0.381 e. The molecule has 2 saturated heterocycles. The molecule has 0 unspecified atom stereocenters. The Bertz CT molecular complexity index is 522. The Hall–Kier alpha value is -1.43. The van der Waals surface area contributed by atoms with Gasteiger partial charge in [-0.25, -0.2) is 0 Å². The molecule has 0 radical (unpaired) electrons. The molecule has 2 aliphatic heterocycles. The molecule has 3 heterocycles. The number of carbonyl (C=O) groups excluding carboxylic acids is 1. The van der Waals surface area contributed by atoms with Crippen LogP contribution in [0, 0.1) is 12.3 Å². The molecule has 22 heavy (non-hydrogen) atoms. The van der Waals surface area contributed by atoms with Crippen molar-refractivity contribution < 1.29 is 14.1 Å². The molecule has 2 aliphatic rings. The fraction of sp³-hybridized carbons (Fsp3) is 0.812. The average molecular weight is 307 g/mol. The summed E-state index contributed by atoms with van der Waals surface area (Å²) >= 11 is 0. The summed E-state index contributed by atoms with van der Waals surface area (Å²) in [6.45, 7) is 6.94. The van der Waals surface area contributed by atoms with Crippen LogP contribution in [0.4, 0.5) is 0 Å². The Morgan fingerprint density at radius 2 is 2.18 bits per heavy atom. The summed E-state index contributed by atoms with van der Waals surface area (Å²) in [5.41, 5.74) is 0.0408. The highest BCUT2D eigenvalue weighted by molar-refractivity contribution is 5.76. The summed E-state index contributed by atoms with van der Waals surface area (Å²) in [5, 5.41) is 3.94. The first-order chi connectivity index (χ1) is 10.6. The number of likely N-dealkylation sites (tertiary alicyclic amines) is 1. The number of ether oxygens (including phenoxy) is 1. The largest absolute Gasteiger partial charge is 0.381 e. The lowest BCUT2D eigenvalue weighted by atomic mass is 9.72. The van der Waals surface area contributed by atoms with Gasteiger partial charge in [-0.15, -0.1) is 0 Å². The summed E-state index contributed by atoms with van der Waals surface area (Å²) in [6.07, 6.45) is 4.55. The summed E-state index contributed by atoms with van der Waals surface area (Å²) in [4.78, 5) is 18.9. The molecule has 0 saturated carbocycles. The van der Waals surface area contributed by atoms with Crippen molar-refractivity contribution in [3.63, 3.8) is 0 Å². The number of aryl methyl sites for hydroxylation is 1. The van der Waals surface area contributed by atoms with E-state index in [1.165, 1.54) is 0 Å². The molecule has 0 aromatic carbocycles. The van der Waals surface area contributed by atoms with E-state index in [1.807, 2.05) is 11.8 Å². The van der Waals surface area contributed by atoms with Gasteiger partial charge in [0.05, 0.1) is 5.92 Å². The van der Waals surface area contributed by atoms with Crippen LogP contribution in [0.1, 0.15) is 56.7 Å². The first kappa shape index (κ1) is 15.5. The van der Waals surface area contributed by atoms with E-state index in [2.05, 4.69) is 17.1 Å². The standard InChI is InChI=1S/C16H25N3O3/c1-3-4-5-14(20)19-10-13(15-17-12(2)18-22-15)16(11-19)6-8-21-9-7-16/h13H,3-11H2,1-2H3/t13-/m1/s1.